The molecule has 0 aromatic heterocycles. The number of ether oxygens (including phenoxy) is 14. The maximum Gasteiger partial charge on any atom is 0.410 e. The molecule has 0 aliphatic carbocycles. The first kappa shape index (κ1) is 72.5. The lowest BCUT2D eigenvalue weighted by atomic mass is 9.94. The second-order valence-corrected chi connectivity index (χ2v) is 23.8. The van der Waals surface area contributed by atoms with Gasteiger partial charge in [-0.3, -0.25) is 0 Å². The van der Waals surface area contributed by atoms with E-state index < -0.39 is 105 Å². The van der Waals surface area contributed by atoms with Gasteiger partial charge >= 0.3 is 6.09 Å². The molecule has 10 rings (SSSR count). The molecule has 3 aliphatic rings. The lowest BCUT2D eigenvalue weighted by molar-refractivity contribution is -0.371. The molecule has 7 aromatic rings. The van der Waals surface area contributed by atoms with Crippen molar-refractivity contribution in [3.63, 3.8) is 0 Å². The summed E-state index contributed by atoms with van der Waals surface area (Å²) >= 11 is 0. The van der Waals surface area contributed by atoms with Crippen LogP contribution in [0.15, 0.2) is 199 Å². The molecule has 3 aliphatic heterocycles. The Balaban J connectivity index is 0.902. The highest BCUT2D eigenvalue weighted by atomic mass is 16.8. The molecule has 0 bridgehead atoms. The number of benzene rings is 7. The summed E-state index contributed by atoms with van der Waals surface area (Å²) in [7, 11) is 3.09. The minimum atomic E-state index is -1.68. The highest BCUT2D eigenvalue weighted by Gasteiger charge is 2.56. The van der Waals surface area contributed by atoms with E-state index >= 15 is 0 Å². The van der Waals surface area contributed by atoms with E-state index in [1.165, 1.54) is 0 Å². The van der Waals surface area contributed by atoms with Gasteiger partial charge in [0.25, 0.3) is 0 Å². The molecule has 0 spiro atoms. The number of rotatable bonds is 35. The van der Waals surface area contributed by atoms with Crippen molar-refractivity contribution in [2.45, 2.75) is 151 Å². The van der Waals surface area contributed by atoms with Gasteiger partial charge in [0.1, 0.15) is 116 Å². The second-order valence-electron chi connectivity index (χ2n) is 23.8. The lowest BCUT2D eigenvalue weighted by Crippen LogP contribution is -2.67. The van der Waals surface area contributed by atoms with Crippen LogP contribution in [0.5, 0.6) is 23.0 Å². The maximum atomic E-state index is 13.6. The molecule has 0 radical (unpaired) electrons. The Morgan fingerprint density at radius 3 is 1.47 bits per heavy atom. The van der Waals surface area contributed by atoms with Gasteiger partial charge in [-0.1, -0.05) is 151 Å². The van der Waals surface area contributed by atoms with E-state index in [2.05, 4.69) is 10.0 Å². The molecule has 24 nitrogen and oxygen atoms in total. The van der Waals surface area contributed by atoms with E-state index in [1.807, 2.05) is 133 Å². The van der Waals surface area contributed by atoms with Crippen molar-refractivity contribution >= 4 is 6.09 Å². The average molecular weight is 1350 g/mol. The third-order valence-electron chi connectivity index (χ3n) is 17.0. The first-order chi connectivity index (χ1) is 48.0. The first-order valence-corrected chi connectivity index (χ1v) is 32.7. The molecule has 3 fully saturated rings. The Bertz CT molecular complexity index is 3480. The molecular formula is C74H86N4O20. The van der Waals surface area contributed by atoms with Gasteiger partial charge in [-0.2, -0.15) is 0 Å². The molecule has 15 atom stereocenters. The van der Waals surface area contributed by atoms with E-state index in [0.717, 1.165) is 27.8 Å². The fourth-order valence-electron chi connectivity index (χ4n) is 11.7. The van der Waals surface area contributed by atoms with Crippen LogP contribution in [-0.4, -0.2) is 176 Å². The number of azide groups is 1. The number of amides is 1. The Labute approximate surface area is 569 Å². The van der Waals surface area contributed by atoms with Crippen LogP contribution in [0, 0.1) is 0 Å². The van der Waals surface area contributed by atoms with Crippen molar-refractivity contribution in [1.29, 1.82) is 0 Å². The quantitative estimate of drug-likeness (QED) is 0.0107. The highest BCUT2D eigenvalue weighted by molar-refractivity contribution is 5.67. The number of carbonyl (C=O) groups is 1. The van der Waals surface area contributed by atoms with E-state index in [0.29, 0.717) is 60.9 Å². The minimum Gasteiger partial charge on any atom is -0.497 e. The number of carbonyl (C=O) groups excluding carboxylic acids is 1. The molecular weight excluding hydrogens is 1260 g/mol. The summed E-state index contributed by atoms with van der Waals surface area (Å²) < 4.78 is 88.8. The van der Waals surface area contributed by atoms with Gasteiger partial charge in [-0.25, -0.2) is 4.79 Å². The summed E-state index contributed by atoms with van der Waals surface area (Å²) in [5, 5.41) is 62.0. The topological polar surface area (TPSA) is 299 Å². The zero-order valence-corrected chi connectivity index (χ0v) is 54.7. The van der Waals surface area contributed by atoms with Crippen molar-refractivity contribution < 1.29 is 96.6 Å². The van der Waals surface area contributed by atoms with Crippen LogP contribution in [0.2, 0.25) is 0 Å². The highest BCUT2D eigenvalue weighted by Crippen LogP contribution is 2.38. The molecule has 1 amide bonds. The van der Waals surface area contributed by atoms with E-state index in [4.69, 9.17) is 66.3 Å². The predicted molar refractivity (Wildman–Crippen MR) is 355 cm³/mol. The fourth-order valence-corrected chi connectivity index (χ4v) is 11.7. The third-order valence-corrected chi connectivity index (χ3v) is 17.0. The summed E-state index contributed by atoms with van der Waals surface area (Å²) in [6.07, 6.45) is -18.5. The van der Waals surface area contributed by atoms with Crippen LogP contribution in [0.25, 0.3) is 10.4 Å². The molecule has 24 heteroatoms. The van der Waals surface area contributed by atoms with Gasteiger partial charge in [0.05, 0.1) is 47.3 Å². The molecule has 3 saturated heterocycles. The standard InChI is InChI=1S/C74H86N4O20/c1-85-55-30-34-57(35-31-55)88-47-60-63(81)69(91-44-52-22-12-5-13-23-52)64(82)73(95-60)98-66-59(42-80)94-71(62(76-77-75)68(66)90-43-51-20-10-4-11-21-51)97-67-61(48-89-58-36-32-56(86-2)33-37-58)96-72(65(83)70(67)92-45-53-24-14-6-15-25-53)87-39-17-7-16-38-78(40-49-18-8-3-9-19-49)74(84)93-46-54-28-26-50(41-79)27-29-54/h3-6,8-15,18-37,59-73,79-83H,7,16-17,38-48H2,1-2H3/t59-,60+,61+,62-,63-,64-,65-,66-,67-,68-,69+,70-,71-,72-,73+/m1/s1. The summed E-state index contributed by atoms with van der Waals surface area (Å²) in [5.74, 6) is 2.04. The van der Waals surface area contributed by atoms with Crippen LogP contribution < -0.4 is 18.9 Å². The molecule has 98 heavy (non-hydrogen) atoms. The fraction of sp³-hybridized carbons (Fsp3) is 0.419. The summed E-state index contributed by atoms with van der Waals surface area (Å²) in [6.45, 7) is -0.582. The SMILES string of the molecule is COc1ccc(OC[C@@H]2O[C@@H](O[C@H]3[C@H](OCc4ccccc4)[C@@H](N=[N+]=[N-])[C@@H](O[C@H]4[C@H](OCc5ccccc5)[C@@H](O)[C@H](OCCCCCN(Cc5ccccc5)C(=O)OCc5ccc(CO)cc5)O[C@H]4COc4ccc(OC)cc4)O[C@@H]3CO)[C@H](O)[C@@H](OCc3ccccc3)[C@@H]2O)cc1. The van der Waals surface area contributed by atoms with E-state index in [1.54, 1.807) is 79.8 Å². The van der Waals surface area contributed by atoms with Gasteiger partial charge in [-0.15, -0.1) is 0 Å². The van der Waals surface area contributed by atoms with Crippen LogP contribution in [0.1, 0.15) is 52.6 Å². The number of hydrogen-bond donors (Lipinski definition) is 5. The molecule has 3 heterocycles. The zero-order chi connectivity index (χ0) is 68.4. The van der Waals surface area contributed by atoms with Gasteiger partial charge < -0.3 is 96.7 Å². The van der Waals surface area contributed by atoms with Gasteiger partial charge in [0, 0.05) is 24.6 Å². The number of hydrogen-bond acceptors (Lipinski definition) is 21. The van der Waals surface area contributed by atoms with Crippen LogP contribution in [0.3, 0.4) is 0 Å². The first-order valence-electron chi connectivity index (χ1n) is 32.7. The normalized spacial score (nSPS) is 25.3. The Kier molecular flexibility index (Phi) is 27.8. The largest absolute Gasteiger partial charge is 0.497 e. The van der Waals surface area contributed by atoms with Crippen molar-refractivity contribution in [3.05, 3.63) is 238 Å². The Morgan fingerprint density at radius 2 is 0.929 bits per heavy atom. The molecule has 5 N–H and O–H groups in total. The van der Waals surface area contributed by atoms with Crippen molar-refractivity contribution in [1.82, 2.24) is 4.90 Å². The van der Waals surface area contributed by atoms with Crippen LogP contribution in [0.4, 0.5) is 4.79 Å². The Morgan fingerprint density at radius 1 is 0.469 bits per heavy atom. The zero-order valence-electron chi connectivity index (χ0n) is 54.7. The predicted octanol–water partition coefficient (Wildman–Crippen LogP) is 9.14. The molecule has 0 saturated carbocycles. The number of aliphatic hydroxyl groups excluding tert-OH is 5. The smallest absolute Gasteiger partial charge is 0.410 e. The van der Waals surface area contributed by atoms with Gasteiger partial charge in [0.2, 0.25) is 0 Å². The van der Waals surface area contributed by atoms with Gasteiger partial charge in [-0.05, 0) is 107 Å². The summed E-state index contributed by atoms with van der Waals surface area (Å²) in [4.78, 5) is 18.6. The van der Waals surface area contributed by atoms with Gasteiger partial charge in [0.15, 0.2) is 18.9 Å². The van der Waals surface area contributed by atoms with Crippen molar-refractivity contribution in [2.75, 3.05) is 47.2 Å². The monoisotopic (exact) mass is 1350 g/mol. The molecule has 0 unspecified atom stereocenters. The van der Waals surface area contributed by atoms with E-state index in [9.17, 15) is 35.9 Å². The second kappa shape index (κ2) is 37.6. The number of methoxy groups -OCH3 is 2. The van der Waals surface area contributed by atoms with Crippen LogP contribution >= 0.6 is 0 Å². The maximum absolute atomic E-state index is 13.6. The lowest BCUT2D eigenvalue weighted by Gasteiger charge is -2.50. The minimum absolute atomic E-state index is 0.0127. The number of nitrogens with zero attached hydrogens (tertiary/aromatic N) is 4. The summed E-state index contributed by atoms with van der Waals surface area (Å²) in [5.41, 5.74) is 15.2. The molecule has 7 aromatic carbocycles. The Hall–Kier alpha value is -8.24. The summed E-state index contributed by atoms with van der Waals surface area (Å²) in [6, 6.07) is 56.7. The van der Waals surface area contributed by atoms with E-state index in [-0.39, 0.29) is 52.9 Å². The third kappa shape index (κ3) is 20.4. The number of aliphatic hydroxyl groups is 5. The average Bonchev–Trinajstić information content (AvgIpc) is 0.798. The molecule has 522 valence electrons. The number of unbranched alkanes of at least 4 members (excludes halogenated alkanes) is 2. The van der Waals surface area contributed by atoms with Crippen molar-refractivity contribution in [3.8, 4) is 23.0 Å². The van der Waals surface area contributed by atoms with Crippen molar-refractivity contribution in [2.24, 2.45) is 5.11 Å². The van der Waals surface area contributed by atoms with Crippen LogP contribution in [-0.2, 0) is 86.9 Å².